The molecule has 72 valence electrons. The Bertz CT molecular complexity index is 126. The van der Waals surface area contributed by atoms with Crippen LogP contribution in [0.15, 0.2) is 0 Å². The standard InChI is InChI=1S/C8H18N2O2/c1-3-4-5-9-8(12)10-6-7(2)11/h7,11H,3-6H2,1-2H3,(H2,9,10,12)/t7-/m1/s1. The normalized spacial score (nSPS) is 12.2. The van der Waals surface area contributed by atoms with Crippen molar-refractivity contribution >= 4 is 6.03 Å². The Kier molecular flexibility index (Phi) is 6.47. The van der Waals surface area contributed by atoms with Crippen molar-refractivity contribution < 1.29 is 9.90 Å². The SMILES string of the molecule is CCCCNC(=O)NC[C@@H](C)O. The summed E-state index contributed by atoms with van der Waals surface area (Å²) in [6.07, 6.45) is 1.57. The van der Waals surface area contributed by atoms with Crippen LogP contribution in [0.25, 0.3) is 0 Å². The summed E-state index contributed by atoms with van der Waals surface area (Å²) >= 11 is 0. The summed E-state index contributed by atoms with van der Waals surface area (Å²) in [7, 11) is 0. The maximum absolute atomic E-state index is 10.9. The lowest BCUT2D eigenvalue weighted by atomic mass is 10.3. The van der Waals surface area contributed by atoms with E-state index in [1.54, 1.807) is 6.92 Å². The average molecular weight is 174 g/mol. The average Bonchev–Trinajstić information content (AvgIpc) is 2.01. The molecule has 3 N–H and O–H groups in total. The van der Waals surface area contributed by atoms with Crippen molar-refractivity contribution in [3.05, 3.63) is 0 Å². The first kappa shape index (κ1) is 11.2. The molecular formula is C8H18N2O2. The number of unbranched alkanes of at least 4 members (excludes halogenated alkanes) is 1. The molecular weight excluding hydrogens is 156 g/mol. The molecule has 0 fully saturated rings. The van der Waals surface area contributed by atoms with E-state index in [-0.39, 0.29) is 6.03 Å². The Morgan fingerprint density at radius 1 is 1.50 bits per heavy atom. The monoisotopic (exact) mass is 174 g/mol. The highest BCUT2D eigenvalue weighted by atomic mass is 16.3. The first-order chi connectivity index (χ1) is 5.66. The maximum Gasteiger partial charge on any atom is 0.314 e. The van der Waals surface area contributed by atoms with Crippen molar-refractivity contribution in [2.75, 3.05) is 13.1 Å². The summed E-state index contributed by atoms with van der Waals surface area (Å²) in [5.74, 6) is 0. The molecule has 4 nitrogen and oxygen atoms in total. The number of amides is 2. The molecule has 0 rings (SSSR count). The van der Waals surface area contributed by atoms with Crippen LogP contribution in [-0.2, 0) is 0 Å². The van der Waals surface area contributed by atoms with E-state index in [0.717, 1.165) is 12.8 Å². The van der Waals surface area contributed by atoms with Crippen LogP contribution in [0.3, 0.4) is 0 Å². The molecule has 0 aromatic carbocycles. The predicted molar refractivity (Wildman–Crippen MR) is 48.0 cm³/mol. The Morgan fingerprint density at radius 2 is 2.17 bits per heavy atom. The first-order valence-electron chi connectivity index (χ1n) is 4.36. The molecule has 0 aromatic rings. The second-order valence-electron chi connectivity index (χ2n) is 2.84. The van der Waals surface area contributed by atoms with E-state index in [2.05, 4.69) is 17.6 Å². The van der Waals surface area contributed by atoms with E-state index in [0.29, 0.717) is 13.1 Å². The van der Waals surface area contributed by atoms with E-state index in [1.807, 2.05) is 0 Å². The van der Waals surface area contributed by atoms with Gasteiger partial charge in [-0.15, -0.1) is 0 Å². The summed E-state index contributed by atoms with van der Waals surface area (Å²) in [5.41, 5.74) is 0. The fourth-order valence-corrected chi connectivity index (χ4v) is 0.682. The van der Waals surface area contributed by atoms with Gasteiger partial charge in [0.25, 0.3) is 0 Å². The van der Waals surface area contributed by atoms with Gasteiger partial charge in [0.1, 0.15) is 0 Å². The lowest BCUT2D eigenvalue weighted by Gasteiger charge is -2.07. The number of nitrogens with one attached hydrogen (secondary N) is 2. The van der Waals surface area contributed by atoms with E-state index < -0.39 is 6.10 Å². The van der Waals surface area contributed by atoms with Gasteiger partial charge in [-0.25, -0.2) is 4.79 Å². The molecule has 0 aliphatic heterocycles. The summed E-state index contributed by atoms with van der Waals surface area (Å²) in [5, 5.41) is 14.0. The zero-order valence-electron chi connectivity index (χ0n) is 7.76. The molecule has 0 heterocycles. The van der Waals surface area contributed by atoms with Crippen molar-refractivity contribution in [2.45, 2.75) is 32.8 Å². The van der Waals surface area contributed by atoms with Crippen molar-refractivity contribution in [2.24, 2.45) is 0 Å². The number of rotatable bonds is 5. The van der Waals surface area contributed by atoms with Gasteiger partial charge in [0.05, 0.1) is 6.10 Å². The molecule has 4 heteroatoms. The van der Waals surface area contributed by atoms with Crippen LogP contribution in [-0.4, -0.2) is 30.3 Å². The Hall–Kier alpha value is -0.770. The lowest BCUT2D eigenvalue weighted by molar-refractivity contribution is 0.187. The van der Waals surface area contributed by atoms with Gasteiger partial charge in [-0.2, -0.15) is 0 Å². The quantitative estimate of drug-likeness (QED) is 0.530. The highest BCUT2D eigenvalue weighted by Crippen LogP contribution is 1.82. The highest BCUT2D eigenvalue weighted by molar-refractivity contribution is 5.73. The Balaban J connectivity index is 3.22. The van der Waals surface area contributed by atoms with Gasteiger partial charge in [0.2, 0.25) is 0 Å². The molecule has 0 aromatic heterocycles. The topological polar surface area (TPSA) is 61.4 Å². The van der Waals surface area contributed by atoms with E-state index in [4.69, 9.17) is 5.11 Å². The van der Waals surface area contributed by atoms with E-state index in [9.17, 15) is 4.79 Å². The van der Waals surface area contributed by atoms with Gasteiger partial charge < -0.3 is 15.7 Å². The molecule has 0 saturated heterocycles. The van der Waals surface area contributed by atoms with Gasteiger partial charge in [-0.1, -0.05) is 13.3 Å². The zero-order chi connectivity index (χ0) is 9.40. The number of aliphatic hydroxyl groups is 1. The van der Waals surface area contributed by atoms with Gasteiger partial charge in [0, 0.05) is 13.1 Å². The van der Waals surface area contributed by atoms with Gasteiger partial charge in [-0.05, 0) is 13.3 Å². The Morgan fingerprint density at radius 3 is 2.67 bits per heavy atom. The van der Waals surface area contributed by atoms with Gasteiger partial charge in [0.15, 0.2) is 0 Å². The number of hydrogen-bond acceptors (Lipinski definition) is 2. The van der Waals surface area contributed by atoms with Gasteiger partial charge in [-0.3, -0.25) is 0 Å². The Labute approximate surface area is 73.3 Å². The third-order valence-corrected chi connectivity index (χ3v) is 1.37. The van der Waals surface area contributed by atoms with Gasteiger partial charge >= 0.3 is 6.03 Å². The summed E-state index contributed by atoms with van der Waals surface area (Å²) in [4.78, 5) is 10.9. The van der Waals surface area contributed by atoms with Crippen LogP contribution in [0.1, 0.15) is 26.7 Å². The molecule has 0 aliphatic carbocycles. The second-order valence-corrected chi connectivity index (χ2v) is 2.84. The molecule has 0 saturated carbocycles. The van der Waals surface area contributed by atoms with Crippen LogP contribution >= 0.6 is 0 Å². The van der Waals surface area contributed by atoms with E-state index >= 15 is 0 Å². The van der Waals surface area contributed by atoms with Crippen molar-refractivity contribution in [3.8, 4) is 0 Å². The zero-order valence-corrected chi connectivity index (χ0v) is 7.76. The van der Waals surface area contributed by atoms with Crippen LogP contribution in [0.4, 0.5) is 4.79 Å². The molecule has 0 unspecified atom stereocenters. The molecule has 0 radical (unpaired) electrons. The summed E-state index contributed by atoms with van der Waals surface area (Å²) in [6, 6.07) is -0.204. The number of aliphatic hydroxyl groups excluding tert-OH is 1. The predicted octanol–water partition coefficient (Wildman–Crippen LogP) is 0.466. The van der Waals surface area contributed by atoms with Crippen molar-refractivity contribution in [3.63, 3.8) is 0 Å². The number of hydrogen-bond donors (Lipinski definition) is 3. The fraction of sp³-hybridized carbons (Fsp3) is 0.875. The first-order valence-corrected chi connectivity index (χ1v) is 4.36. The minimum absolute atomic E-state index is 0.204. The molecule has 1 atom stereocenters. The largest absolute Gasteiger partial charge is 0.392 e. The van der Waals surface area contributed by atoms with Crippen molar-refractivity contribution in [1.29, 1.82) is 0 Å². The smallest absolute Gasteiger partial charge is 0.314 e. The van der Waals surface area contributed by atoms with E-state index in [1.165, 1.54) is 0 Å². The molecule has 2 amide bonds. The fourth-order valence-electron chi connectivity index (χ4n) is 0.682. The molecule has 12 heavy (non-hydrogen) atoms. The van der Waals surface area contributed by atoms with Crippen LogP contribution in [0.2, 0.25) is 0 Å². The molecule has 0 bridgehead atoms. The number of urea groups is 1. The summed E-state index contributed by atoms with van der Waals surface area (Å²) in [6.45, 7) is 4.70. The lowest BCUT2D eigenvalue weighted by Crippen LogP contribution is -2.39. The van der Waals surface area contributed by atoms with Crippen LogP contribution in [0.5, 0.6) is 0 Å². The second kappa shape index (κ2) is 6.91. The van der Waals surface area contributed by atoms with Crippen LogP contribution in [0, 0.1) is 0 Å². The minimum atomic E-state index is -0.484. The molecule has 0 spiro atoms. The number of carbonyl (C=O) groups is 1. The number of carbonyl (C=O) groups excluding carboxylic acids is 1. The van der Waals surface area contributed by atoms with Crippen LogP contribution < -0.4 is 10.6 Å². The maximum atomic E-state index is 10.9. The third kappa shape index (κ3) is 7.34. The molecule has 0 aliphatic rings. The minimum Gasteiger partial charge on any atom is -0.392 e. The highest BCUT2D eigenvalue weighted by Gasteiger charge is 1.99. The van der Waals surface area contributed by atoms with Crippen molar-refractivity contribution in [1.82, 2.24) is 10.6 Å². The third-order valence-electron chi connectivity index (χ3n) is 1.37. The summed E-state index contributed by atoms with van der Waals surface area (Å²) < 4.78 is 0.